The topological polar surface area (TPSA) is 3.24 Å². The van der Waals surface area contributed by atoms with Crippen molar-refractivity contribution in [2.24, 2.45) is 0 Å². The molecule has 0 radical (unpaired) electrons. The third-order valence-electron chi connectivity index (χ3n) is 2.46. The Hall–Kier alpha value is -0.400. The Labute approximate surface area is 102 Å². The second kappa shape index (κ2) is 5.62. The lowest BCUT2D eigenvalue weighted by molar-refractivity contribution is 0.701. The minimum atomic E-state index is 0.454. The maximum Gasteiger partial charge on any atom is 0.0494 e. The van der Waals surface area contributed by atoms with Crippen LogP contribution in [0.2, 0.25) is 5.02 Å². The molecule has 0 amide bonds. The molecule has 0 aliphatic heterocycles. The van der Waals surface area contributed by atoms with Crippen LogP contribution in [0.1, 0.15) is 26.3 Å². The molecule has 0 unspecified atom stereocenters. The summed E-state index contributed by atoms with van der Waals surface area (Å²) >= 11 is 11.9. The van der Waals surface area contributed by atoms with Crippen molar-refractivity contribution >= 4 is 28.9 Å². The summed E-state index contributed by atoms with van der Waals surface area (Å²) in [5.41, 5.74) is 2.28. The molecule has 1 rings (SSSR count). The van der Waals surface area contributed by atoms with Gasteiger partial charge in [0.15, 0.2) is 0 Å². The van der Waals surface area contributed by atoms with Crippen LogP contribution in [-0.4, -0.2) is 12.6 Å². The van der Waals surface area contributed by atoms with E-state index in [1.807, 2.05) is 18.2 Å². The third kappa shape index (κ3) is 3.02. The number of benzene rings is 1. The monoisotopic (exact) mass is 245 g/mol. The molecule has 0 bridgehead atoms. The predicted molar refractivity (Wildman–Crippen MR) is 69.2 cm³/mol. The van der Waals surface area contributed by atoms with Gasteiger partial charge in [0.1, 0.15) is 0 Å². The zero-order valence-corrected chi connectivity index (χ0v) is 10.9. The highest BCUT2D eigenvalue weighted by Gasteiger charge is 2.12. The molecule has 0 heterocycles. The van der Waals surface area contributed by atoms with E-state index < -0.39 is 0 Å². The Morgan fingerprint density at radius 2 is 2.00 bits per heavy atom. The summed E-state index contributed by atoms with van der Waals surface area (Å²) in [7, 11) is 0. The van der Waals surface area contributed by atoms with Crippen molar-refractivity contribution in [3.8, 4) is 0 Å². The lowest BCUT2D eigenvalue weighted by Crippen LogP contribution is -2.31. The van der Waals surface area contributed by atoms with Crippen molar-refractivity contribution in [1.82, 2.24) is 0 Å². The van der Waals surface area contributed by atoms with E-state index in [1.54, 1.807) is 0 Å². The summed E-state index contributed by atoms with van der Waals surface area (Å²) in [6.45, 7) is 7.44. The van der Waals surface area contributed by atoms with E-state index in [9.17, 15) is 0 Å². The number of anilines is 1. The van der Waals surface area contributed by atoms with E-state index in [0.717, 1.165) is 22.8 Å². The first-order valence-corrected chi connectivity index (χ1v) is 6.12. The van der Waals surface area contributed by atoms with Crippen LogP contribution in [0.25, 0.3) is 0 Å². The number of hydrogen-bond acceptors (Lipinski definition) is 1. The van der Waals surface area contributed by atoms with Gasteiger partial charge in [-0.1, -0.05) is 17.7 Å². The molecule has 0 N–H and O–H groups in total. The zero-order valence-electron chi connectivity index (χ0n) is 9.43. The molecule has 84 valence electrons. The minimum absolute atomic E-state index is 0.454. The van der Waals surface area contributed by atoms with Gasteiger partial charge in [-0.2, -0.15) is 0 Å². The van der Waals surface area contributed by atoms with Crippen molar-refractivity contribution in [1.29, 1.82) is 0 Å². The molecule has 15 heavy (non-hydrogen) atoms. The SMILES string of the molecule is CCN(c1cc(Cl)ccc1CCl)C(C)C. The second-order valence-electron chi connectivity index (χ2n) is 3.79. The zero-order chi connectivity index (χ0) is 11.4. The molecule has 0 saturated heterocycles. The van der Waals surface area contributed by atoms with Gasteiger partial charge < -0.3 is 4.90 Å². The van der Waals surface area contributed by atoms with Gasteiger partial charge >= 0.3 is 0 Å². The van der Waals surface area contributed by atoms with Crippen LogP contribution in [0.5, 0.6) is 0 Å². The predicted octanol–water partition coefficient (Wildman–Crippen LogP) is 4.31. The van der Waals surface area contributed by atoms with Crippen molar-refractivity contribution in [3.63, 3.8) is 0 Å². The molecular weight excluding hydrogens is 229 g/mol. The minimum Gasteiger partial charge on any atom is -0.369 e. The Morgan fingerprint density at radius 3 is 2.47 bits per heavy atom. The molecule has 1 aromatic carbocycles. The summed E-state index contributed by atoms with van der Waals surface area (Å²) in [5, 5.41) is 0.762. The average molecular weight is 246 g/mol. The van der Waals surface area contributed by atoms with Crippen LogP contribution < -0.4 is 4.90 Å². The molecule has 0 spiro atoms. The highest BCUT2D eigenvalue weighted by Crippen LogP contribution is 2.27. The van der Waals surface area contributed by atoms with Gasteiger partial charge in [0.2, 0.25) is 0 Å². The van der Waals surface area contributed by atoms with Crippen LogP contribution in [-0.2, 0) is 5.88 Å². The Morgan fingerprint density at radius 1 is 1.33 bits per heavy atom. The fourth-order valence-corrected chi connectivity index (χ4v) is 2.12. The van der Waals surface area contributed by atoms with Crippen LogP contribution in [0, 0.1) is 0 Å². The van der Waals surface area contributed by atoms with Gasteiger partial charge in [0, 0.05) is 29.2 Å². The normalized spacial score (nSPS) is 10.8. The molecule has 0 saturated carbocycles. The smallest absolute Gasteiger partial charge is 0.0494 e. The maximum absolute atomic E-state index is 6.01. The lowest BCUT2D eigenvalue weighted by Gasteiger charge is -2.29. The van der Waals surface area contributed by atoms with E-state index in [-0.39, 0.29) is 0 Å². The average Bonchev–Trinajstić information content (AvgIpc) is 2.18. The van der Waals surface area contributed by atoms with E-state index in [1.165, 1.54) is 0 Å². The molecule has 1 aromatic rings. The third-order valence-corrected chi connectivity index (χ3v) is 2.99. The maximum atomic E-state index is 6.01. The van der Waals surface area contributed by atoms with Gasteiger partial charge in [-0.05, 0) is 38.5 Å². The van der Waals surface area contributed by atoms with Crippen molar-refractivity contribution < 1.29 is 0 Å². The Balaban J connectivity index is 3.13. The highest BCUT2D eigenvalue weighted by atomic mass is 35.5. The number of hydrogen-bond donors (Lipinski definition) is 0. The van der Waals surface area contributed by atoms with Crippen molar-refractivity contribution in [2.75, 3.05) is 11.4 Å². The summed E-state index contributed by atoms with van der Waals surface area (Å²) in [5.74, 6) is 0.524. The standard InChI is InChI=1S/C12H17Cl2N/c1-4-15(9(2)3)12-7-11(14)6-5-10(12)8-13/h5-7,9H,4,8H2,1-3H3. The molecule has 0 aromatic heterocycles. The number of nitrogens with zero attached hydrogens (tertiary/aromatic N) is 1. The molecule has 0 fully saturated rings. The summed E-state index contributed by atoms with van der Waals surface area (Å²) in [4.78, 5) is 2.30. The second-order valence-corrected chi connectivity index (χ2v) is 4.49. The van der Waals surface area contributed by atoms with Crippen molar-refractivity contribution in [3.05, 3.63) is 28.8 Å². The molecular formula is C12H17Cl2N. The first kappa shape index (κ1) is 12.7. The molecule has 3 heteroatoms. The summed E-state index contributed by atoms with van der Waals surface area (Å²) < 4.78 is 0. The van der Waals surface area contributed by atoms with E-state index in [0.29, 0.717) is 11.9 Å². The lowest BCUT2D eigenvalue weighted by atomic mass is 10.1. The first-order chi connectivity index (χ1) is 7.10. The van der Waals surface area contributed by atoms with Crippen molar-refractivity contribution in [2.45, 2.75) is 32.7 Å². The van der Waals surface area contributed by atoms with E-state index >= 15 is 0 Å². The first-order valence-electron chi connectivity index (χ1n) is 5.21. The summed E-state index contributed by atoms with van der Waals surface area (Å²) in [6.07, 6.45) is 0. The molecule has 1 nitrogen and oxygen atoms in total. The Bertz CT molecular complexity index is 323. The fourth-order valence-electron chi connectivity index (χ4n) is 1.73. The van der Waals surface area contributed by atoms with Crippen LogP contribution >= 0.6 is 23.2 Å². The van der Waals surface area contributed by atoms with Gasteiger partial charge in [-0.3, -0.25) is 0 Å². The fraction of sp³-hybridized carbons (Fsp3) is 0.500. The van der Waals surface area contributed by atoms with E-state index in [4.69, 9.17) is 23.2 Å². The molecule has 0 atom stereocenters. The van der Waals surface area contributed by atoms with Crippen LogP contribution in [0.4, 0.5) is 5.69 Å². The number of halogens is 2. The van der Waals surface area contributed by atoms with Gasteiger partial charge in [-0.25, -0.2) is 0 Å². The quantitative estimate of drug-likeness (QED) is 0.715. The van der Waals surface area contributed by atoms with Gasteiger partial charge in [0.05, 0.1) is 0 Å². The summed E-state index contributed by atoms with van der Waals surface area (Å²) in [6, 6.07) is 6.32. The largest absolute Gasteiger partial charge is 0.369 e. The Kier molecular flexibility index (Phi) is 4.75. The highest BCUT2D eigenvalue weighted by molar-refractivity contribution is 6.31. The van der Waals surface area contributed by atoms with Crippen LogP contribution in [0.15, 0.2) is 18.2 Å². The van der Waals surface area contributed by atoms with Crippen LogP contribution in [0.3, 0.4) is 0 Å². The molecule has 0 aliphatic carbocycles. The molecule has 0 aliphatic rings. The van der Waals surface area contributed by atoms with Gasteiger partial charge in [0.25, 0.3) is 0 Å². The van der Waals surface area contributed by atoms with Gasteiger partial charge in [-0.15, -0.1) is 11.6 Å². The van der Waals surface area contributed by atoms with E-state index in [2.05, 4.69) is 25.7 Å². The number of rotatable bonds is 4. The number of alkyl halides is 1.